The van der Waals surface area contributed by atoms with E-state index in [-0.39, 0.29) is 0 Å². The highest BCUT2D eigenvalue weighted by Crippen LogP contribution is 2.48. The molecule has 0 saturated carbocycles. The SMILES string of the molecule is COc1cc(OC)c(Cl)c(N(CCNC(C)C)c2ccc3nnc(-c4cnn(C)c4)cc3c2)c1Cl. The molecule has 0 unspecified atom stereocenters. The second kappa shape index (κ2) is 10.7. The van der Waals surface area contributed by atoms with Crippen molar-refractivity contribution in [3.8, 4) is 22.8 Å². The molecule has 0 radical (unpaired) electrons. The van der Waals surface area contributed by atoms with E-state index < -0.39 is 0 Å². The van der Waals surface area contributed by atoms with Crippen LogP contribution in [-0.2, 0) is 7.05 Å². The summed E-state index contributed by atoms with van der Waals surface area (Å²) in [5, 5.41) is 18.2. The number of methoxy groups -OCH3 is 2. The van der Waals surface area contributed by atoms with Crippen molar-refractivity contribution >= 4 is 45.5 Å². The van der Waals surface area contributed by atoms with E-state index in [9.17, 15) is 0 Å². The summed E-state index contributed by atoms with van der Waals surface area (Å²) < 4.78 is 12.8. The van der Waals surface area contributed by atoms with Crippen LogP contribution < -0.4 is 19.7 Å². The standard InChI is InChI=1S/C25H28Cl2N6O2/c1-15(2)28-8-9-33(25-23(26)21(34-4)12-22(35-5)24(25)27)18-6-7-19-16(10-18)11-20(31-30-19)17-13-29-32(3)14-17/h6-7,10-15,28H,8-9H2,1-5H3. The Morgan fingerprint density at radius 1 is 1.03 bits per heavy atom. The zero-order valence-electron chi connectivity index (χ0n) is 20.3. The molecular weight excluding hydrogens is 487 g/mol. The lowest BCUT2D eigenvalue weighted by Crippen LogP contribution is -2.33. The van der Waals surface area contributed by atoms with Crippen molar-refractivity contribution in [2.45, 2.75) is 19.9 Å². The highest BCUT2D eigenvalue weighted by molar-refractivity contribution is 6.41. The summed E-state index contributed by atoms with van der Waals surface area (Å²) in [6.07, 6.45) is 3.68. The molecule has 8 nitrogen and oxygen atoms in total. The number of ether oxygens (including phenoxy) is 2. The monoisotopic (exact) mass is 514 g/mol. The number of nitrogens with zero attached hydrogens (tertiary/aromatic N) is 5. The fraction of sp³-hybridized carbons (Fsp3) is 0.320. The Bertz CT molecular complexity index is 1310. The molecule has 2 heterocycles. The number of fused-ring (bicyclic) bond motifs is 1. The van der Waals surface area contributed by atoms with E-state index in [1.165, 1.54) is 0 Å². The molecule has 4 aromatic rings. The molecule has 0 aliphatic carbocycles. The molecule has 2 aromatic carbocycles. The topological polar surface area (TPSA) is 77.3 Å². The smallest absolute Gasteiger partial charge is 0.143 e. The number of aryl methyl sites for hydroxylation is 1. The van der Waals surface area contributed by atoms with Gasteiger partial charge in [-0.05, 0) is 24.3 Å². The molecular formula is C25H28Cl2N6O2. The molecule has 0 atom stereocenters. The highest BCUT2D eigenvalue weighted by atomic mass is 35.5. The van der Waals surface area contributed by atoms with Crippen molar-refractivity contribution in [3.63, 3.8) is 0 Å². The minimum atomic E-state index is 0.330. The number of rotatable bonds is 9. The van der Waals surface area contributed by atoms with Crippen LogP contribution in [-0.4, -0.2) is 53.3 Å². The number of hydrogen-bond donors (Lipinski definition) is 1. The number of hydrogen-bond acceptors (Lipinski definition) is 7. The first-order valence-electron chi connectivity index (χ1n) is 11.2. The van der Waals surface area contributed by atoms with Gasteiger partial charge in [-0.2, -0.15) is 5.10 Å². The molecule has 35 heavy (non-hydrogen) atoms. The van der Waals surface area contributed by atoms with Crippen LogP contribution in [0.15, 0.2) is 42.7 Å². The van der Waals surface area contributed by atoms with Crippen LogP contribution in [0.25, 0.3) is 22.2 Å². The van der Waals surface area contributed by atoms with Gasteiger partial charge in [0.1, 0.15) is 21.5 Å². The van der Waals surface area contributed by atoms with Crippen LogP contribution in [0.3, 0.4) is 0 Å². The Hall–Kier alpha value is -3.07. The minimum Gasteiger partial charge on any atom is -0.495 e. The number of nitrogens with one attached hydrogen (secondary N) is 1. The molecule has 4 rings (SSSR count). The molecule has 10 heteroatoms. The summed E-state index contributed by atoms with van der Waals surface area (Å²) in [6.45, 7) is 5.52. The van der Waals surface area contributed by atoms with Gasteiger partial charge in [0, 0.05) is 55.1 Å². The molecule has 0 bridgehead atoms. The van der Waals surface area contributed by atoms with Gasteiger partial charge in [0.2, 0.25) is 0 Å². The average Bonchev–Trinajstić information content (AvgIpc) is 3.28. The van der Waals surface area contributed by atoms with Crippen molar-refractivity contribution in [1.82, 2.24) is 25.3 Å². The Morgan fingerprint density at radius 3 is 2.34 bits per heavy atom. The molecule has 184 valence electrons. The van der Waals surface area contributed by atoms with Gasteiger partial charge in [-0.1, -0.05) is 37.0 Å². The highest BCUT2D eigenvalue weighted by Gasteiger charge is 2.24. The van der Waals surface area contributed by atoms with Gasteiger partial charge in [-0.15, -0.1) is 10.2 Å². The van der Waals surface area contributed by atoms with Crippen molar-refractivity contribution in [3.05, 3.63) is 52.8 Å². The summed E-state index contributed by atoms with van der Waals surface area (Å²) in [6, 6.07) is 9.99. The predicted octanol–water partition coefficient (Wildman–Crippen LogP) is 5.49. The number of halogens is 2. The zero-order valence-corrected chi connectivity index (χ0v) is 21.9. The normalized spacial score (nSPS) is 11.3. The van der Waals surface area contributed by atoms with Crippen molar-refractivity contribution in [2.75, 3.05) is 32.2 Å². The van der Waals surface area contributed by atoms with Crippen molar-refractivity contribution in [1.29, 1.82) is 0 Å². The maximum absolute atomic E-state index is 6.80. The Balaban J connectivity index is 1.84. The molecule has 0 aliphatic heterocycles. The van der Waals surface area contributed by atoms with E-state index in [2.05, 4.69) is 45.4 Å². The van der Waals surface area contributed by atoms with E-state index in [1.807, 2.05) is 31.4 Å². The van der Waals surface area contributed by atoms with E-state index >= 15 is 0 Å². The summed E-state index contributed by atoms with van der Waals surface area (Å²) >= 11 is 13.6. The van der Waals surface area contributed by atoms with Crippen molar-refractivity contribution in [2.24, 2.45) is 7.05 Å². The van der Waals surface area contributed by atoms with Crippen LogP contribution in [0.5, 0.6) is 11.5 Å². The van der Waals surface area contributed by atoms with E-state index in [0.717, 1.165) is 27.8 Å². The van der Waals surface area contributed by atoms with E-state index in [4.69, 9.17) is 32.7 Å². The third-order valence-electron chi connectivity index (χ3n) is 5.59. The molecule has 0 saturated heterocycles. The lowest BCUT2D eigenvalue weighted by molar-refractivity contribution is 0.395. The molecule has 2 aromatic heterocycles. The molecule has 1 N–H and O–H groups in total. The van der Waals surface area contributed by atoms with Crippen LogP contribution in [0.1, 0.15) is 13.8 Å². The first kappa shape index (κ1) is 25.0. The van der Waals surface area contributed by atoms with Gasteiger partial charge < -0.3 is 19.7 Å². The Kier molecular flexibility index (Phi) is 7.64. The number of anilines is 2. The summed E-state index contributed by atoms with van der Waals surface area (Å²) in [4.78, 5) is 2.06. The second-order valence-electron chi connectivity index (χ2n) is 8.39. The maximum atomic E-state index is 6.80. The first-order chi connectivity index (χ1) is 16.8. The van der Waals surface area contributed by atoms with Gasteiger partial charge in [0.25, 0.3) is 0 Å². The Labute approximate surface area is 214 Å². The lowest BCUT2D eigenvalue weighted by Gasteiger charge is -2.29. The predicted molar refractivity (Wildman–Crippen MR) is 141 cm³/mol. The zero-order chi connectivity index (χ0) is 25.1. The molecule has 0 spiro atoms. The average molecular weight is 515 g/mol. The van der Waals surface area contributed by atoms with Gasteiger partial charge in [0.15, 0.2) is 0 Å². The van der Waals surface area contributed by atoms with Crippen molar-refractivity contribution < 1.29 is 9.47 Å². The third-order valence-corrected chi connectivity index (χ3v) is 6.32. The summed E-state index contributed by atoms with van der Waals surface area (Å²) in [5.74, 6) is 0.963. The quantitative estimate of drug-likeness (QED) is 0.316. The van der Waals surface area contributed by atoms with Crippen LogP contribution >= 0.6 is 23.2 Å². The first-order valence-corrected chi connectivity index (χ1v) is 11.9. The number of aromatic nitrogens is 4. The molecule has 0 fully saturated rings. The third kappa shape index (κ3) is 5.29. The maximum Gasteiger partial charge on any atom is 0.143 e. The molecule has 0 amide bonds. The van der Waals surface area contributed by atoms with E-state index in [1.54, 1.807) is 31.2 Å². The fourth-order valence-corrected chi connectivity index (χ4v) is 4.54. The van der Waals surface area contributed by atoms with Crippen LogP contribution in [0.4, 0.5) is 11.4 Å². The number of benzene rings is 2. The lowest BCUT2D eigenvalue weighted by atomic mass is 10.1. The molecule has 0 aliphatic rings. The van der Waals surface area contributed by atoms with Gasteiger partial charge >= 0.3 is 0 Å². The summed E-state index contributed by atoms with van der Waals surface area (Å²) in [5.41, 5.74) is 3.93. The largest absolute Gasteiger partial charge is 0.495 e. The Morgan fingerprint density at radius 2 is 1.74 bits per heavy atom. The van der Waals surface area contributed by atoms with Gasteiger partial charge in [-0.25, -0.2) is 0 Å². The van der Waals surface area contributed by atoms with Crippen LogP contribution in [0, 0.1) is 0 Å². The fourth-order valence-electron chi connectivity index (χ4n) is 3.84. The van der Waals surface area contributed by atoms with Crippen LogP contribution in [0.2, 0.25) is 10.0 Å². The summed E-state index contributed by atoms with van der Waals surface area (Å²) in [7, 11) is 5.00. The van der Waals surface area contributed by atoms with Gasteiger partial charge in [0.05, 0.1) is 37.3 Å². The van der Waals surface area contributed by atoms with Gasteiger partial charge in [-0.3, -0.25) is 4.68 Å². The minimum absolute atomic E-state index is 0.330. The van der Waals surface area contributed by atoms with E-state index in [0.29, 0.717) is 46.4 Å². The second-order valence-corrected chi connectivity index (χ2v) is 9.15.